The molecular formula is C14H22N2O4S. The van der Waals surface area contributed by atoms with Crippen molar-refractivity contribution in [2.75, 3.05) is 19.4 Å². The summed E-state index contributed by atoms with van der Waals surface area (Å²) in [7, 11) is -2.36. The van der Waals surface area contributed by atoms with E-state index in [4.69, 9.17) is 10.5 Å². The summed E-state index contributed by atoms with van der Waals surface area (Å²) in [6, 6.07) is 4.37. The fourth-order valence-corrected chi connectivity index (χ4v) is 3.87. The summed E-state index contributed by atoms with van der Waals surface area (Å²) in [5, 5.41) is 10.4. The Hall–Kier alpha value is -1.31. The maximum Gasteiger partial charge on any atom is 0.244 e. The number of hydrogen-bond acceptors (Lipinski definition) is 5. The second kappa shape index (κ2) is 6.21. The predicted molar refractivity (Wildman–Crippen MR) is 80.6 cm³/mol. The molecule has 6 nitrogen and oxygen atoms in total. The highest BCUT2D eigenvalue weighted by Gasteiger charge is 2.31. The highest BCUT2D eigenvalue weighted by atomic mass is 32.2. The molecule has 0 bridgehead atoms. The summed E-state index contributed by atoms with van der Waals surface area (Å²) in [5.74, 6) is 0.193. The van der Waals surface area contributed by atoms with Crippen molar-refractivity contribution in [1.82, 2.24) is 4.72 Å². The molecule has 7 heteroatoms. The molecule has 0 saturated heterocycles. The second-order valence-corrected chi connectivity index (χ2v) is 7.26. The zero-order valence-corrected chi connectivity index (χ0v) is 12.9. The molecule has 0 spiro atoms. The van der Waals surface area contributed by atoms with E-state index in [0.29, 0.717) is 18.5 Å². The molecule has 0 radical (unpaired) electrons. The van der Waals surface area contributed by atoms with Crippen molar-refractivity contribution in [3.05, 3.63) is 18.2 Å². The van der Waals surface area contributed by atoms with Gasteiger partial charge in [0.25, 0.3) is 0 Å². The van der Waals surface area contributed by atoms with Crippen molar-refractivity contribution in [3.8, 4) is 5.75 Å². The topological polar surface area (TPSA) is 102 Å². The molecule has 0 atom stereocenters. The van der Waals surface area contributed by atoms with Crippen LogP contribution in [0.4, 0.5) is 5.69 Å². The number of hydrogen-bond donors (Lipinski definition) is 3. The van der Waals surface area contributed by atoms with Gasteiger partial charge in [0.15, 0.2) is 0 Å². The Labute approximate surface area is 125 Å². The van der Waals surface area contributed by atoms with Crippen LogP contribution in [0.2, 0.25) is 0 Å². The number of ether oxygens (including phenoxy) is 1. The van der Waals surface area contributed by atoms with E-state index in [-0.39, 0.29) is 17.2 Å². The molecule has 2 rings (SSSR count). The van der Waals surface area contributed by atoms with E-state index in [1.165, 1.54) is 25.3 Å². The molecule has 1 saturated carbocycles. The number of methoxy groups -OCH3 is 1. The summed E-state index contributed by atoms with van der Waals surface area (Å²) in [5.41, 5.74) is 5.10. The monoisotopic (exact) mass is 314 g/mol. The fourth-order valence-electron chi connectivity index (χ4n) is 2.60. The van der Waals surface area contributed by atoms with Crippen LogP contribution in [0, 0.1) is 0 Å². The number of aliphatic hydroxyl groups is 1. The van der Waals surface area contributed by atoms with Gasteiger partial charge in [-0.3, -0.25) is 0 Å². The van der Waals surface area contributed by atoms with Gasteiger partial charge < -0.3 is 15.6 Å². The molecule has 0 aliphatic heterocycles. The van der Waals surface area contributed by atoms with Crippen LogP contribution in [0.1, 0.15) is 32.1 Å². The van der Waals surface area contributed by atoms with Crippen molar-refractivity contribution in [2.24, 2.45) is 0 Å². The van der Waals surface area contributed by atoms with Crippen molar-refractivity contribution >= 4 is 15.7 Å². The number of nitrogens with one attached hydrogen (secondary N) is 1. The summed E-state index contributed by atoms with van der Waals surface area (Å²) >= 11 is 0. The van der Waals surface area contributed by atoms with Crippen molar-refractivity contribution in [2.45, 2.75) is 42.6 Å². The minimum Gasteiger partial charge on any atom is -0.495 e. The van der Waals surface area contributed by atoms with Crippen molar-refractivity contribution < 1.29 is 18.3 Å². The normalized spacial score (nSPS) is 18.4. The lowest BCUT2D eigenvalue weighted by Gasteiger charge is -2.32. The largest absolute Gasteiger partial charge is 0.495 e. The Kier molecular flexibility index (Phi) is 4.75. The number of nitrogens with two attached hydrogens (primary N) is 1. The summed E-state index contributed by atoms with van der Waals surface area (Å²) in [4.78, 5) is 0.0265. The van der Waals surface area contributed by atoms with E-state index < -0.39 is 15.6 Å². The van der Waals surface area contributed by atoms with E-state index in [9.17, 15) is 13.5 Å². The Morgan fingerprint density at radius 1 is 1.33 bits per heavy atom. The molecule has 0 unspecified atom stereocenters. The predicted octanol–water partition coefficient (Wildman–Crippen LogP) is 1.25. The highest BCUT2D eigenvalue weighted by Crippen LogP contribution is 2.29. The molecule has 118 valence electrons. The maximum absolute atomic E-state index is 12.4. The molecule has 1 aliphatic rings. The molecule has 0 amide bonds. The smallest absolute Gasteiger partial charge is 0.244 e. The van der Waals surface area contributed by atoms with E-state index in [1.54, 1.807) is 0 Å². The first-order valence-corrected chi connectivity index (χ1v) is 8.50. The molecule has 1 aromatic rings. The average Bonchev–Trinajstić information content (AvgIpc) is 2.46. The Morgan fingerprint density at radius 2 is 2.00 bits per heavy atom. The fraction of sp³-hybridized carbons (Fsp3) is 0.571. The number of anilines is 1. The minimum atomic E-state index is -3.75. The van der Waals surface area contributed by atoms with Crippen molar-refractivity contribution in [3.63, 3.8) is 0 Å². The Bertz CT molecular complexity index is 595. The Balaban J connectivity index is 2.15. The summed E-state index contributed by atoms with van der Waals surface area (Å²) < 4.78 is 32.3. The zero-order valence-electron chi connectivity index (χ0n) is 12.1. The first kappa shape index (κ1) is 16.1. The SMILES string of the molecule is COc1cc(N)ccc1S(=O)(=O)NCC1(O)CCCCC1. The van der Waals surface area contributed by atoms with Gasteiger partial charge in [0.2, 0.25) is 10.0 Å². The van der Waals surface area contributed by atoms with Gasteiger partial charge >= 0.3 is 0 Å². The molecular weight excluding hydrogens is 292 g/mol. The van der Waals surface area contributed by atoms with Crippen LogP contribution >= 0.6 is 0 Å². The van der Waals surface area contributed by atoms with Gasteiger partial charge in [-0.2, -0.15) is 0 Å². The first-order chi connectivity index (χ1) is 9.86. The average molecular weight is 314 g/mol. The molecule has 4 N–H and O–H groups in total. The van der Waals surface area contributed by atoms with Gasteiger partial charge in [-0.25, -0.2) is 13.1 Å². The minimum absolute atomic E-state index is 0.0167. The standard InChI is InChI=1S/C14H22N2O4S/c1-20-12-9-11(15)5-6-13(12)21(18,19)16-10-14(17)7-3-2-4-8-14/h5-6,9,16-17H,2-4,7-8,10,15H2,1H3. The van der Waals surface area contributed by atoms with Crippen LogP contribution in [-0.4, -0.2) is 32.8 Å². The van der Waals surface area contributed by atoms with Gasteiger partial charge in [-0.05, 0) is 25.0 Å². The van der Waals surface area contributed by atoms with E-state index in [2.05, 4.69) is 4.72 Å². The first-order valence-electron chi connectivity index (χ1n) is 7.02. The third-order valence-corrected chi connectivity index (χ3v) is 5.29. The van der Waals surface area contributed by atoms with Gasteiger partial charge in [-0.1, -0.05) is 19.3 Å². The van der Waals surface area contributed by atoms with Crippen LogP contribution in [0.3, 0.4) is 0 Å². The quantitative estimate of drug-likeness (QED) is 0.710. The summed E-state index contributed by atoms with van der Waals surface area (Å²) in [6.07, 6.45) is 4.16. The number of benzene rings is 1. The number of nitrogen functional groups attached to an aromatic ring is 1. The molecule has 0 heterocycles. The van der Waals surface area contributed by atoms with E-state index in [0.717, 1.165) is 19.3 Å². The maximum atomic E-state index is 12.4. The number of sulfonamides is 1. The highest BCUT2D eigenvalue weighted by molar-refractivity contribution is 7.89. The van der Waals surface area contributed by atoms with Crippen LogP contribution in [-0.2, 0) is 10.0 Å². The molecule has 1 fully saturated rings. The molecule has 21 heavy (non-hydrogen) atoms. The Morgan fingerprint density at radius 3 is 2.62 bits per heavy atom. The second-order valence-electron chi connectivity index (χ2n) is 5.52. The molecule has 0 aromatic heterocycles. The van der Waals surface area contributed by atoms with Gasteiger partial charge in [0.05, 0.1) is 12.7 Å². The van der Waals surface area contributed by atoms with Gasteiger partial charge in [-0.15, -0.1) is 0 Å². The summed E-state index contributed by atoms with van der Waals surface area (Å²) in [6.45, 7) is 0.0167. The lowest BCUT2D eigenvalue weighted by atomic mass is 9.85. The van der Waals surface area contributed by atoms with Gasteiger partial charge in [0.1, 0.15) is 10.6 Å². The third-order valence-electron chi connectivity index (χ3n) is 3.85. The van der Waals surface area contributed by atoms with E-state index >= 15 is 0 Å². The van der Waals surface area contributed by atoms with Crippen LogP contribution < -0.4 is 15.2 Å². The third kappa shape index (κ3) is 3.87. The lowest BCUT2D eigenvalue weighted by molar-refractivity contribution is 0.00945. The van der Waals surface area contributed by atoms with E-state index in [1.807, 2.05) is 0 Å². The van der Waals surface area contributed by atoms with Crippen LogP contribution in [0.15, 0.2) is 23.1 Å². The zero-order chi connectivity index (χ0) is 15.5. The van der Waals surface area contributed by atoms with Crippen LogP contribution in [0.25, 0.3) is 0 Å². The molecule has 1 aliphatic carbocycles. The van der Waals surface area contributed by atoms with Crippen molar-refractivity contribution in [1.29, 1.82) is 0 Å². The lowest BCUT2D eigenvalue weighted by Crippen LogP contribution is -2.44. The molecule has 1 aromatic carbocycles. The van der Waals surface area contributed by atoms with Crippen LogP contribution in [0.5, 0.6) is 5.75 Å². The number of rotatable bonds is 5. The van der Waals surface area contributed by atoms with Gasteiger partial charge in [0, 0.05) is 18.3 Å².